The number of likely N-dealkylation sites (tertiary alicyclic amines) is 1. The third kappa shape index (κ3) is 6.80. The molecule has 1 N–H and O–H groups in total. The van der Waals surface area contributed by atoms with Gasteiger partial charge < -0.3 is 19.7 Å². The third-order valence-electron chi connectivity index (χ3n) is 3.66. The first-order valence-electron chi connectivity index (χ1n) is 7.43. The largest absolute Gasteiger partial charge is 0.469 e. The van der Waals surface area contributed by atoms with Gasteiger partial charge in [-0.1, -0.05) is 0 Å². The van der Waals surface area contributed by atoms with Gasteiger partial charge in [0.1, 0.15) is 5.60 Å². The van der Waals surface area contributed by atoms with Crippen molar-refractivity contribution in [3.63, 3.8) is 0 Å². The summed E-state index contributed by atoms with van der Waals surface area (Å²) in [5.74, 6) is 0.275. The predicted octanol–water partition coefficient (Wildman–Crippen LogP) is 1.64. The molecule has 1 saturated heterocycles. The molecule has 1 aliphatic heterocycles. The number of carbonyl (C=O) groups excluding carboxylic acids is 2. The maximum atomic E-state index is 11.7. The van der Waals surface area contributed by atoms with Crippen molar-refractivity contribution in [2.24, 2.45) is 11.8 Å². The average molecular weight is 300 g/mol. The highest BCUT2D eigenvalue weighted by molar-refractivity contribution is 5.69. The van der Waals surface area contributed by atoms with Crippen molar-refractivity contribution in [1.82, 2.24) is 10.2 Å². The van der Waals surface area contributed by atoms with E-state index in [0.29, 0.717) is 13.0 Å². The SMILES string of the molecule is COC(=O)CC1CN(C)CCC1CNC(=O)OC(C)(C)C. The Labute approximate surface area is 127 Å². The smallest absolute Gasteiger partial charge is 0.407 e. The number of hydrogen-bond donors (Lipinski definition) is 1. The van der Waals surface area contributed by atoms with E-state index in [1.165, 1.54) is 7.11 Å². The Bertz CT molecular complexity index is 365. The lowest BCUT2D eigenvalue weighted by Crippen LogP contribution is -2.44. The second-order valence-electron chi connectivity index (χ2n) is 6.73. The minimum atomic E-state index is -0.498. The van der Waals surface area contributed by atoms with Crippen LogP contribution in [0, 0.1) is 11.8 Å². The Morgan fingerprint density at radius 2 is 1.95 bits per heavy atom. The molecule has 122 valence electrons. The van der Waals surface area contributed by atoms with Gasteiger partial charge in [-0.15, -0.1) is 0 Å². The zero-order chi connectivity index (χ0) is 16.0. The molecule has 6 nitrogen and oxygen atoms in total. The van der Waals surface area contributed by atoms with Crippen molar-refractivity contribution in [3.8, 4) is 0 Å². The Hall–Kier alpha value is -1.30. The van der Waals surface area contributed by atoms with Gasteiger partial charge in [-0.25, -0.2) is 4.79 Å². The highest BCUT2D eigenvalue weighted by Crippen LogP contribution is 2.25. The first-order chi connectivity index (χ1) is 9.71. The van der Waals surface area contributed by atoms with Gasteiger partial charge in [0, 0.05) is 19.5 Å². The fraction of sp³-hybridized carbons (Fsp3) is 0.867. The van der Waals surface area contributed by atoms with Crippen LogP contribution in [0.15, 0.2) is 0 Å². The van der Waals surface area contributed by atoms with Crippen molar-refractivity contribution in [3.05, 3.63) is 0 Å². The normalized spacial score (nSPS) is 23.5. The van der Waals surface area contributed by atoms with Gasteiger partial charge in [-0.05, 0) is 52.6 Å². The number of nitrogens with one attached hydrogen (secondary N) is 1. The first kappa shape index (κ1) is 17.8. The van der Waals surface area contributed by atoms with E-state index in [0.717, 1.165) is 19.5 Å². The number of esters is 1. The quantitative estimate of drug-likeness (QED) is 0.800. The molecule has 0 aromatic rings. The summed E-state index contributed by atoms with van der Waals surface area (Å²) in [6.07, 6.45) is 0.938. The molecule has 0 aromatic heterocycles. The number of alkyl carbamates (subject to hydrolysis) is 1. The van der Waals surface area contributed by atoms with Gasteiger partial charge >= 0.3 is 12.1 Å². The molecule has 1 fully saturated rings. The second kappa shape index (κ2) is 7.64. The number of methoxy groups -OCH3 is 1. The molecule has 21 heavy (non-hydrogen) atoms. The van der Waals surface area contributed by atoms with Gasteiger partial charge in [0.05, 0.1) is 7.11 Å². The van der Waals surface area contributed by atoms with Gasteiger partial charge in [-0.3, -0.25) is 4.79 Å². The van der Waals surface area contributed by atoms with Crippen molar-refractivity contribution in [2.45, 2.75) is 39.2 Å². The number of carbonyl (C=O) groups is 2. The van der Waals surface area contributed by atoms with E-state index in [1.54, 1.807) is 0 Å². The lowest BCUT2D eigenvalue weighted by atomic mass is 9.83. The van der Waals surface area contributed by atoms with E-state index >= 15 is 0 Å². The minimum Gasteiger partial charge on any atom is -0.469 e. The van der Waals surface area contributed by atoms with E-state index in [4.69, 9.17) is 9.47 Å². The second-order valence-corrected chi connectivity index (χ2v) is 6.73. The summed E-state index contributed by atoms with van der Waals surface area (Å²) in [7, 11) is 3.45. The van der Waals surface area contributed by atoms with Crippen LogP contribution in [0.2, 0.25) is 0 Å². The van der Waals surface area contributed by atoms with Crippen LogP contribution in [0.4, 0.5) is 4.79 Å². The molecular formula is C15H28N2O4. The summed E-state index contributed by atoms with van der Waals surface area (Å²) in [4.78, 5) is 25.4. The van der Waals surface area contributed by atoms with Crippen LogP contribution in [-0.2, 0) is 14.3 Å². The Morgan fingerprint density at radius 3 is 2.52 bits per heavy atom. The monoisotopic (exact) mass is 300 g/mol. The fourth-order valence-electron chi connectivity index (χ4n) is 2.59. The Kier molecular flexibility index (Phi) is 6.45. The molecule has 1 aliphatic rings. The molecule has 0 bridgehead atoms. The van der Waals surface area contributed by atoms with E-state index in [9.17, 15) is 9.59 Å². The predicted molar refractivity (Wildman–Crippen MR) is 80.0 cm³/mol. The van der Waals surface area contributed by atoms with Crippen LogP contribution < -0.4 is 5.32 Å². The van der Waals surface area contributed by atoms with Crippen LogP contribution in [0.5, 0.6) is 0 Å². The summed E-state index contributed by atoms with van der Waals surface area (Å²) >= 11 is 0. The highest BCUT2D eigenvalue weighted by atomic mass is 16.6. The molecule has 0 aromatic carbocycles. The fourth-order valence-corrected chi connectivity index (χ4v) is 2.59. The zero-order valence-corrected chi connectivity index (χ0v) is 13.8. The first-order valence-corrected chi connectivity index (χ1v) is 7.43. The van der Waals surface area contributed by atoms with Crippen molar-refractivity contribution in [1.29, 1.82) is 0 Å². The summed E-state index contributed by atoms with van der Waals surface area (Å²) in [6.45, 7) is 7.85. The van der Waals surface area contributed by atoms with Gasteiger partial charge in [-0.2, -0.15) is 0 Å². The summed E-state index contributed by atoms with van der Waals surface area (Å²) in [5, 5.41) is 2.81. The van der Waals surface area contributed by atoms with Crippen molar-refractivity contribution >= 4 is 12.1 Å². The van der Waals surface area contributed by atoms with Crippen LogP contribution in [0.25, 0.3) is 0 Å². The summed E-state index contributed by atoms with van der Waals surface area (Å²) in [5.41, 5.74) is -0.498. The number of rotatable bonds is 4. The summed E-state index contributed by atoms with van der Waals surface area (Å²) in [6, 6.07) is 0. The molecule has 1 heterocycles. The van der Waals surface area contributed by atoms with Crippen molar-refractivity contribution < 1.29 is 19.1 Å². The van der Waals surface area contributed by atoms with Gasteiger partial charge in [0.15, 0.2) is 0 Å². The average Bonchev–Trinajstić information content (AvgIpc) is 2.35. The minimum absolute atomic E-state index is 0.197. The molecule has 2 atom stereocenters. The van der Waals surface area contributed by atoms with Crippen LogP contribution in [0.1, 0.15) is 33.6 Å². The number of amides is 1. The molecule has 1 amide bonds. The van der Waals surface area contributed by atoms with Gasteiger partial charge in [0.2, 0.25) is 0 Å². The van der Waals surface area contributed by atoms with E-state index in [2.05, 4.69) is 10.2 Å². The number of piperidine rings is 1. The number of ether oxygens (including phenoxy) is 2. The maximum absolute atomic E-state index is 11.7. The maximum Gasteiger partial charge on any atom is 0.407 e. The van der Waals surface area contributed by atoms with Crippen molar-refractivity contribution in [2.75, 3.05) is 33.8 Å². The third-order valence-corrected chi connectivity index (χ3v) is 3.66. The molecule has 6 heteroatoms. The molecule has 0 saturated carbocycles. The van der Waals surface area contributed by atoms with Crippen LogP contribution >= 0.6 is 0 Å². The van der Waals surface area contributed by atoms with Gasteiger partial charge in [0.25, 0.3) is 0 Å². The molecular weight excluding hydrogens is 272 g/mol. The lowest BCUT2D eigenvalue weighted by molar-refractivity contribution is -0.142. The van der Waals surface area contributed by atoms with Crippen LogP contribution in [-0.4, -0.2) is 56.4 Å². The topological polar surface area (TPSA) is 67.9 Å². The molecule has 2 unspecified atom stereocenters. The lowest BCUT2D eigenvalue weighted by Gasteiger charge is -2.36. The number of nitrogens with zero attached hydrogens (tertiary/aromatic N) is 1. The Balaban J connectivity index is 2.49. The van der Waals surface area contributed by atoms with E-state index in [-0.39, 0.29) is 17.8 Å². The molecule has 1 rings (SSSR count). The Morgan fingerprint density at radius 1 is 1.29 bits per heavy atom. The van der Waals surface area contributed by atoms with E-state index in [1.807, 2.05) is 27.8 Å². The molecule has 0 radical (unpaired) electrons. The molecule has 0 spiro atoms. The zero-order valence-electron chi connectivity index (χ0n) is 13.8. The number of hydrogen-bond acceptors (Lipinski definition) is 5. The highest BCUT2D eigenvalue weighted by Gasteiger charge is 2.30. The van der Waals surface area contributed by atoms with E-state index < -0.39 is 11.7 Å². The van der Waals surface area contributed by atoms with Crippen LogP contribution in [0.3, 0.4) is 0 Å². The molecule has 0 aliphatic carbocycles. The standard InChI is InChI=1S/C15H28N2O4/c1-15(2,3)21-14(19)16-9-11-6-7-17(4)10-12(11)8-13(18)20-5/h11-12H,6-10H2,1-5H3,(H,16,19). The summed E-state index contributed by atoms with van der Waals surface area (Å²) < 4.78 is 9.99.